The maximum atomic E-state index is 12.6. The summed E-state index contributed by atoms with van der Waals surface area (Å²) in [6.45, 7) is 1.75. The maximum absolute atomic E-state index is 12.6. The van der Waals surface area contributed by atoms with Gasteiger partial charge in [-0.15, -0.1) is 0 Å². The number of carbonyl (C=O) groups is 2. The average molecular weight is 423 g/mol. The molecule has 0 aliphatic carbocycles. The summed E-state index contributed by atoms with van der Waals surface area (Å²) in [4.78, 5) is 24.9. The Balaban J connectivity index is 1.85. The van der Waals surface area contributed by atoms with Crippen LogP contribution in [-0.2, 0) is 21.4 Å². The number of hydrogen-bond acceptors (Lipinski definition) is 5. The normalized spacial score (nSPS) is 18.2. The van der Waals surface area contributed by atoms with Gasteiger partial charge in [0, 0.05) is 12.1 Å². The summed E-state index contributed by atoms with van der Waals surface area (Å²) in [5.41, 5.74) is 0.953. The van der Waals surface area contributed by atoms with Crippen LogP contribution in [0.5, 0.6) is 5.75 Å². The molecule has 28 heavy (non-hydrogen) atoms. The number of ether oxygens (including phenoxy) is 1. The van der Waals surface area contributed by atoms with E-state index in [-0.39, 0.29) is 28.6 Å². The highest BCUT2D eigenvalue weighted by Gasteiger charge is 2.42. The third-order valence-electron chi connectivity index (χ3n) is 4.42. The summed E-state index contributed by atoms with van der Waals surface area (Å²) in [6.07, 6.45) is 0. The molecule has 9 heteroatoms. The van der Waals surface area contributed by atoms with E-state index in [4.69, 9.17) is 16.3 Å². The predicted molar refractivity (Wildman–Crippen MR) is 106 cm³/mol. The van der Waals surface area contributed by atoms with Gasteiger partial charge in [0.25, 0.3) is 5.91 Å². The van der Waals surface area contributed by atoms with Crippen LogP contribution in [0.4, 0.5) is 5.69 Å². The lowest BCUT2D eigenvalue weighted by Crippen LogP contribution is -2.31. The molecule has 0 bridgehead atoms. The number of anilines is 1. The van der Waals surface area contributed by atoms with Gasteiger partial charge in [0.05, 0.1) is 35.1 Å². The number of hydrogen-bond donors (Lipinski definition) is 1. The fourth-order valence-corrected chi connectivity index (χ4v) is 5.04. The van der Waals surface area contributed by atoms with Crippen molar-refractivity contribution in [3.05, 3.63) is 58.6 Å². The monoisotopic (exact) mass is 422 g/mol. The van der Waals surface area contributed by atoms with Gasteiger partial charge in [-0.05, 0) is 24.3 Å². The first-order valence-electron chi connectivity index (χ1n) is 8.51. The largest absolute Gasteiger partial charge is 0.496 e. The van der Waals surface area contributed by atoms with E-state index in [1.54, 1.807) is 13.0 Å². The standard InChI is InChI=1S/C19H19ClN2O5S/c1-12-11-28(25,26)22(19(12)24)14-7-8-16(20)15(9-14)18(23)21-10-13-5-3-4-6-17(13)27-2/h3-9,12H,10-11H2,1-2H3,(H,21,23). The number of para-hydroxylation sites is 1. The van der Waals surface area contributed by atoms with Gasteiger partial charge in [-0.25, -0.2) is 12.7 Å². The van der Waals surface area contributed by atoms with Crippen molar-refractivity contribution in [2.45, 2.75) is 13.5 Å². The molecule has 2 aromatic rings. The molecule has 0 spiro atoms. The van der Waals surface area contributed by atoms with Gasteiger partial charge in [-0.3, -0.25) is 9.59 Å². The highest BCUT2D eigenvalue weighted by molar-refractivity contribution is 7.94. The van der Waals surface area contributed by atoms with Gasteiger partial charge in [0.15, 0.2) is 0 Å². The number of methoxy groups -OCH3 is 1. The van der Waals surface area contributed by atoms with Crippen LogP contribution < -0.4 is 14.4 Å². The lowest BCUT2D eigenvalue weighted by Gasteiger charge is -2.17. The molecule has 1 unspecified atom stereocenters. The van der Waals surface area contributed by atoms with Crippen LogP contribution >= 0.6 is 11.6 Å². The number of carbonyl (C=O) groups excluding carboxylic acids is 2. The smallest absolute Gasteiger partial charge is 0.253 e. The zero-order valence-corrected chi connectivity index (χ0v) is 16.9. The van der Waals surface area contributed by atoms with Gasteiger partial charge < -0.3 is 10.1 Å². The maximum Gasteiger partial charge on any atom is 0.253 e. The van der Waals surface area contributed by atoms with Gasteiger partial charge in [0.2, 0.25) is 15.9 Å². The van der Waals surface area contributed by atoms with E-state index in [0.29, 0.717) is 5.75 Å². The topological polar surface area (TPSA) is 92.8 Å². The Kier molecular flexibility index (Phi) is 5.62. The Hall–Kier alpha value is -2.58. The Morgan fingerprint density at radius 2 is 2.00 bits per heavy atom. The minimum Gasteiger partial charge on any atom is -0.496 e. The molecular formula is C19H19ClN2O5S. The highest BCUT2D eigenvalue weighted by atomic mass is 35.5. The second kappa shape index (κ2) is 7.81. The third kappa shape index (κ3) is 3.83. The van der Waals surface area contributed by atoms with E-state index in [1.165, 1.54) is 25.3 Å². The molecule has 1 saturated heterocycles. The second-order valence-electron chi connectivity index (χ2n) is 6.44. The van der Waals surface area contributed by atoms with E-state index in [0.717, 1.165) is 9.87 Å². The Morgan fingerprint density at radius 3 is 2.64 bits per heavy atom. The van der Waals surface area contributed by atoms with Gasteiger partial charge in [-0.2, -0.15) is 0 Å². The predicted octanol–water partition coefficient (Wildman–Crippen LogP) is 2.59. The fourth-order valence-electron chi connectivity index (χ4n) is 3.02. The van der Waals surface area contributed by atoms with Crippen molar-refractivity contribution in [2.75, 3.05) is 17.2 Å². The molecular weight excluding hydrogens is 404 g/mol. The van der Waals surface area contributed by atoms with E-state index in [2.05, 4.69) is 5.32 Å². The molecule has 1 atom stereocenters. The van der Waals surface area contributed by atoms with E-state index < -0.39 is 27.8 Å². The van der Waals surface area contributed by atoms with Crippen LogP contribution in [0.3, 0.4) is 0 Å². The molecule has 3 rings (SSSR count). The molecule has 1 aliphatic rings. The van der Waals surface area contributed by atoms with Crippen molar-refractivity contribution >= 4 is 39.1 Å². The van der Waals surface area contributed by atoms with Gasteiger partial charge in [0.1, 0.15) is 5.75 Å². The van der Waals surface area contributed by atoms with Crippen LogP contribution in [0.2, 0.25) is 5.02 Å². The molecule has 0 aromatic heterocycles. The Bertz CT molecular complexity index is 1040. The van der Waals surface area contributed by atoms with E-state index in [1.807, 2.05) is 18.2 Å². The lowest BCUT2D eigenvalue weighted by atomic mass is 10.1. The summed E-state index contributed by atoms with van der Waals surface area (Å²) in [5, 5.41) is 2.88. The fraction of sp³-hybridized carbons (Fsp3) is 0.263. The number of nitrogens with one attached hydrogen (secondary N) is 1. The summed E-state index contributed by atoms with van der Waals surface area (Å²) in [6, 6.07) is 11.4. The minimum atomic E-state index is -3.77. The van der Waals surface area contributed by atoms with Crippen molar-refractivity contribution in [3.8, 4) is 5.75 Å². The SMILES string of the molecule is COc1ccccc1CNC(=O)c1cc(N2C(=O)C(C)CS2(=O)=O)ccc1Cl. The third-order valence-corrected chi connectivity index (χ3v) is 6.62. The molecule has 1 N–H and O–H groups in total. The van der Waals surface area contributed by atoms with Gasteiger partial charge in [-0.1, -0.05) is 36.7 Å². The molecule has 2 amide bonds. The Labute approximate surface area is 168 Å². The van der Waals surface area contributed by atoms with Crippen LogP contribution in [0.15, 0.2) is 42.5 Å². The quantitative estimate of drug-likeness (QED) is 0.799. The molecule has 0 saturated carbocycles. The number of rotatable bonds is 5. The summed E-state index contributed by atoms with van der Waals surface area (Å²) in [7, 11) is -2.23. The molecule has 148 valence electrons. The van der Waals surface area contributed by atoms with Crippen molar-refractivity contribution in [1.29, 1.82) is 0 Å². The van der Waals surface area contributed by atoms with Crippen LogP contribution in [0, 0.1) is 5.92 Å². The van der Waals surface area contributed by atoms with E-state index >= 15 is 0 Å². The van der Waals surface area contributed by atoms with Crippen molar-refractivity contribution < 1.29 is 22.7 Å². The number of halogens is 1. The lowest BCUT2D eigenvalue weighted by molar-refractivity contribution is -0.119. The number of sulfonamides is 1. The first-order chi connectivity index (χ1) is 13.2. The molecule has 7 nitrogen and oxygen atoms in total. The number of amides is 2. The zero-order valence-electron chi connectivity index (χ0n) is 15.3. The minimum absolute atomic E-state index is 0.0802. The van der Waals surface area contributed by atoms with Crippen LogP contribution in [0.1, 0.15) is 22.8 Å². The zero-order chi connectivity index (χ0) is 20.5. The Morgan fingerprint density at radius 1 is 1.29 bits per heavy atom. The van der Waals surface area contributed by atoms with Crippen LogP contribution in [0.25, 0.3) is 0 Å². The second-order valence-corrected chi connectivity index (χ2v) is 8.71. The molecule has 2 aromatic carbocycles. The van der Waals surface area contributed by atoms with Crippen molar-refractivity contribution in [1.82, 2.24) is 5.32 Å². The number of nitrogens with zero attached hydrogens (tertiary/aromatic N) is 1. The summed E-state index contributed by atoms with van der Waals surface area (Å²) >= 11 is 6.14. The number of benzene rings is 2. The average Bonchev–Trinajstić information content (AvgIpc) is 2.87. The highest BCUT2D eigenvalue weighted by Crippen LogP contribution is 2.31. The van der Waals surface area contributed by atoms with Crippen molar-refractivity contribution in [2.24, 2.45) is 5.92 Å². The van der Waals surface area contributed by atoms with Crippen molar-refractivity contribution in [3.63, 3.8) is 0 Å². The molecule has 0 radical (unpaired) electrons. The van der Waals surface area contributed by atoms with E-state index in [9.17, 15) is 18.0 Å². The first-order valence-corrected chi connectivity index (χ1v) is 10.5. The van der Waals surface area contributed by atoms with Crippen LogP contribution in [-0.4, -0.2) is 33.1 Å². The summed E-state index contributed by atoms with van der Waals surface area (Å²) < 4.78 is 30.6. The first kappa shape index (κ1) is 20.2. The summed E-state index contributed by atoms with van der Waals surface area (Å²) in [5.74, 6) is -1.28. The molecule has 1 fully saturated rings. The molecule has 1 heterocycles. The molecule has 1 aliphatic heterocycles. The van der Waals surface area contributed by atoms with Gasteiger partial charge >= 0.3 is 0 Å².